The number of alkyl halides is 2. The molecule has 14 heavy (non-hydrogen) atoms. The Hall–Kier alpha value is -0.550. The lowest BCUT2D eigenvalue weighted by molar-refractivity contribution is 0.156. The topological polar surface area (TPSA) is 0 Å². The summed E-state index contributed by atoms with van der Waals surface area (Å²) >= 11 is 4.10. The Balaban J connectivity index is 2.75. The number of halogens is 4. The maximum Gasteiger partial charge on any atom is 0.272 e. The fourth-order valence-electron chi connectivity index (χ4n) is 1.18. The lowest BCUT2D eigenvalue weighted by atomic mass is 10.2. The van der Waals surface area contributed by atoms with Gasteiger partial charge in [-0.2, -0.15) is 0 Å². The number of hydrogen-bond donors (Lipinski definition) is 0. The van der Waals surface area contributed by atoms with Crippen molar-refractivity contribution in [1.82, 2.24) is 0 Å². The van der Waals surface area contributed by atoms with Gasteiger partial charge in [0.2, 0.25) is 0 Å². The molecule has 2 aromatic rings. The van der Waals surface area contributed by atoms with E-state index in [1.807, 2.05) is 0 Å². The first-order chi connectivity index (χ1) is 6.59. The minimum Gasteiger partial charge on any atom is -0.206 e. The predicted octanol–water partition coefficient (Wildman–Crippen LogP) is 4.74. The Bertz CT molecular complexity index is 439. The fraction of sp³-hybridized carbons (Fsp3) is 0.111. The second-order valence-corrected chi connectivity index (χ2v) is 4.66. The van der Waals surface area contributed by atoms with Crippen LogP contribution in [-0.2, 0) is 0 Å². The SMILES string of the molecule is Fc1ccc(Br)c2sc(C(F)F)cc12. The molecule has 0 saturated heterocycles. The zero-order valence-electron chi connectivity index (χ0n) is 6.73. The summed E-state index contributed by atoms with van der Waals surface area (Å²) in [5.74, 6) is -0.466. The number of thiophene rings is 1. The van der Waals surface area contributed by atoms with E-state index in [0.29, 0.717) is 9.17 Å². The Morgan fingerprint density at radius 1 is 1.29 bits per heavy atom. The average Bonchev–Trinajstić information content (AvgIpc) is 2.57. The maximum absolute atomic E-state index is 13.2. The lowest BCUT2D eigenvalue weighted by Gasteiger charge is -1.93. The van der Waals surface area contributed by atoms with E-state index in [0.717, 1.165) is 11.3 Å². The molecule has 2 rings (SSSR count). The molecule has 0 N–H and O–H groups in total. The van der Waals surface area contributed by atoms with E-state index in [4.69, 9.17) is 0 Å². The molecule has 1 aromatic carbocycles. The first-order valence-corrected chi connectivity index (χ1v) is 5.36. The first kappa shape index (κ1) is 9.98. The van der Waals surface area contributed by atoms with Crippen molar-refractivity contribution in [1.29, 1.82) is 0 Å². The molecule has 0 spiro atoms. The van der Waals surface area contributed by atoms with E-state index in [9.17, 15) is 13.2 Å². The normalized spacial score (nSPS) is 11.5. The summed E-state index contributed by atoms with van der Waals surface area (Å²) in [7, 11) is 0. The van der Waals surface area contributed by atoms with Gasteiger partial charge in [-0.15, -0.1) is 11.3 Å². The smallest absolute Gasteiger partial charge is 0.206 e. The monoisotopic (exact) mass is 280 g/mol. The molecule has 0 aliphatic carbocycles. The van der Waals surface area contributed by atoms with Gasteiger partial charge in [-0.3, -0.25) is 0 Å². The molecule has 5 heteroatoms. The number of rotatable bonds is 1. The zero-order valence-corrected chi connectivity index (χ0v) is 9.13. The van der Waals surface area contributed by atoms with E-state index >= 15 is 0 Å². The third kappa shape index (κ3) is 1.54. The van der Waals surface area contributed by atoms with Crippen LogP contribution in [0, 0.1) is 5.82 Å². The van der Waals surface area contributed by atoms with Crippen LogP contribution in [0.5, 0.6) is 0 Å². The van der Waals surface area contributed by atoms with Gasteiger partial charge in [-0.25, -0.2) is 13.2 Å². The van der Waals surface area contributed by atoms with Gasteiger partial charge < -0.3 is 0 Å². The quantitative estimate of drug-likeness (QED) is 0.708. The Labute approximate surface area is 90.5 Å². The molecular weight excluding hydrogens is 277 g/mol. The molecule has 0 nitrogen and oxygen atoms in total. The highest BCUT2D eigenvalue weighted by Crippen LogP contribution is 2.37. The van der Waals surface area contributed by atoms with Crippen LogP contribution in [0.1, 0.15) is 11.3 Å². The van der Waals surface area contributed by atoms with Crippen LogP contribution >= 0.6 is 27.3 Å². The minimum absolute atomic E-state index is 0.106. The van der Waals surface area contributed by atoms with Crippen LogP contribution in [0.3, 0.4) is 0 Å². The second-order valence-electron chi connectivity index (χ2n) is 2.72. The Morgan fingerprint density at radius 3 is 2.57 bits per heavy atom. The van der Waals surface area contributed by atoms with E-state index in [-0.39, 0.29) is 10.3 Å². The summed E-state index contributed by atoms with van der Waals surface area (Å²) in [5.41, 5.74) is 0. The molecule has 0 radical (unpaired) electrons. The molecule has 0 amide bonds. The standard InChI is InChI=1S/C9H4BrF3S/c10-5-1-2-6(11)4-3-7(9(12)13)14-8(4)5/h1-3,9H. The molecule has 0 atom stereocenters. The Morgan fingerprint density at radius 2 is 2.00 bits per heavy atom. The zero-order chi connectivity index (χ0) is 10.3. The van der Waals surface area contributed by atoms with E-state index in [1.165, 1.54) is 18.2 Å². The molecule has 1 aromatic heterocycles. The minimum atomic E-state index is -2.54. The number of benzene rings is 1. The van der Waals surface area contributed by atoms with Crippen molar-refractivity contribution < 1.29 is 13.2 Å². The highest BCUT2D eigenvalue weighted by Gasteiger charge is 2.15. The molecule has 0 unspecified atom stereocenters. The van der Waals surface area contributed by atoms with Gasteiger partial charge >= 0.3 is 0 Å². The fourth-order valence-corrected chi connectivity index (χ4v) is 2.71. The third-order valence-electron chi connectivity index (χ3n) is 1.82. The molecule has 1 heterocycles. The van der Waals surface area contributed by atoms with Gasteiger partial charge in [-0.1, -0.05) is 0 Å². The summed E-state index contributed by atoms with van der Waals surface area (Å²) in [6.45, 7) is 0. The Kier molecular flexibility index (Phi) is 2.53. The molecule has 0 saturated carbocycles. The summed E-state index contributed by atoms with van der Waals surface area (Å²) in [5, 5.41) is 0.250. The molecular formula is C9H4BrF3S. The van der Waals surface area contributed by atoms with Gasteiger partial charge in [0, 0.05) is 9.86 Å². The van der Waals surface area contributed by atoms with Crippen molar-refractivity contribution >= 4 is 37.4 Å². The second kappa shape index (κ2) is 3.55. The highest BCUT2D eigenvalue weighted by atomic mass is 79.9. The van der Waals surface area contributed by atoms with Crippen LogP contribution < -0.4 is 0 Å². The van der Waals surface area contributed by atoms with Gasteiger partial charge in [0.1, 0.15) is 5.82 Å². The van der Waals surface area contributed by atoms with Crippen LogP contribution in [0.4, 0.5) is 13.2 Å². The van der Waals surface area contributed by atoms with Crippen molar-refractivity contribution in [3.05, 3.63) is 33.4 Å². The van der Waals surface area contributed by atoms with Crippen LogP contribution in [0.15, 0.2) is 22.7 Å². The largest absolute Gasteiger partial charge is 0.272 e. The number of hydrogen-bond acceptors (Lipinski definition) is 1. The van der Waals surface area contributed by atoms with Crippen molar-refractivity contribution in [3.63, 3.8) is 0 Å². The molecule has 74 valence electrons. The van der Waals surface area contributed by atoms with Crippen LogP contribution in [-0.4, -0.2) is 0 Å². The lowest BCUT2D eigenvalue weighted by Crippen LogP contribution is -1.75. The van der Waals surface area contributed by atoms with Crippen LogP contribution in [0.2, 0.25) is 0 Å². The molecule has 0 aliphatic rings. The predicted molar refractivity (Wildman–Crippen MR) is 54.4 cm³/mol. The first-order valence-electron chi connectivity index (χ1n) is 3.75. The van der Waals surface area contributed by atoms with E-state index in [2.05, 4.69) is 15.9 Å². The van der Waals surface area contributed by atoms with Crippen molar-refractivity contribution in [2.45, 2.75) is 6.43 Å². The van der Waals surface area contributed by atoms with Crippen molar-refractivity contribution in [2.24, 2.45) is 0 Å². The van der Waals surface area contributed by atoms with Gasteiger partial charge in [-0.05, 0) is 34.1 Å². The molecule has 0 bridgehead atoms. The maximum atomic E-state index is 13.2. The summed E-state index contributed by atoms with van der Waals surface area (Å²) in [6.07, 6.45) is -2.54. The summed E-state index contributed by atoms with van der Waals surface area (Å²) in [6, 6.07) is 3.97. The van der Waals surface area contributed by atoms with Gasteiger partial charge in [0.15, 0.2) is 0 Å². The van der Waals surface area contributed by atoms with Crippen molar-refractivity contribution in [3.8, 4) is 0 Å². The third-order valence-corrected chi connectivity index (χ3v) is 3.92. The van der Waals surface area contributed by atoms with Crippen LogP contribution in [0.25, 0.3) is 10.1 Å². The molecule has 0 fully saturated rings. The highest BCUT2D eigenvalue weighted by molar-refractivity contribution is 9.10. The van der Waals surface area contributed by atoms with Gasteiger partial charge in [0.05, 0.1) is 9.58 Å². The van der Waals surface area contributed by atoms with Crippen molar-refractivity contribution in [2.75, 3.05) is 0 Å². The van der Waals surface area contributed by atoms with E-state index in [1.54, 1.807) is 0 Å². The summed E-state index contributed by atoms with van der Waals surface area (Å²) < 4.78 is 39.0. The average molecular weight is 281 g/mol. The molecule has 0 aliphatic heterocycles. The van der Waals surface area contributed by atoms with Gasteiger partial charge in [0.25, 0.3) is 6.43 Å². The van der Waals surface area contributed by atoms with E-state index < -0.39 is 12.2 Å². The number of fused-ring (bicyclic) bond motifs is 1. The summed E-state index contributed by atoms with van der Waals surface area (Å²) in [4.78, 5) is -0.106.